The van der Waals surface area contributed by atoms with Crippen molar-refractivity contribution in [2.45, 2.75) is 6.29 Å². The van der Waals surface area contributed by atoms with E-state index in [1.807, 2.05) is 5.38 Å². The molecule has 0 saturated carbocycles. The molecule has 2 aliphatic rings. The van der Waals surface area contributed by atoms with Crippen molar-refractivity contribution in [3.05, 3.63) is 39.3 Å². The molecule has 4 nitrogen and oxygen atoms in total. The molecule has 0 unspecified atom stereocenters. The monoisotopic (exact) mass is 266 g/mol. The zero-order valence-electron chi connectivity index (χ0n) is 8.68. The summed E-state index contributed by atoms with van der Waals surface area (Å²) in [6, 6.07) is 2.96. The number of benzene rings is 1. The quantitative estimate of drug-likeness (QED) is 0.780. The molecule has 2 aliphatic heterocycles. The maximum Gasteiger partial charge on any atom is 0.586 e. The van der Waals surface area contributed by atoms with E-state index in [0.29, 0.717) is 11.1 Å². The number of rotatable bonds is 1. The van der Waals surface area contributed by atoms with Gasteiger partial charge in [0.05, 0.1) is 5.36 Å². The topological polar surface area (TPSA) is 43.7 Å². The van der Waals surface area contributed by atoms with Crippen molar-refractivity contribution in [3.8, 4) is 11.5 Å². The SMILES string of the molecule is FC1(F)Oc2cc3c(cc2O1)=C(c1nccs1)N=3. The maximum atomic E-state index is 12.9. The van der Waals surface area contributed by atoms with Crippen molar-refractivity contribution in [3.63, 3.8) is 0 Å². The molecular formula is C11H4F2N2O2S. The van der Waals surface area contributed by atoms with Crippen LogP contribution in [0.3, 0.4) is 0 Å². The summed E-state index contributed by atoms with van der Waals surface area (Å²) in [5.41, 5.74) is 0.696. The minimum Gasteiger partial charge on any atom is -0.395 e. The fourth-order valence-electron chi connectivity index (χ4n) is 1.90. The van der Waals surface area contributed by atoms with Crippen LogP contribution in [0.1, 0.15) is 5.01 Å². The number of nitrogens with zero attached hydrogens (tertiary/aromatic N) is 2. The van der Waals surface area contributed by atoms with Gasteiger partial charge in [-0.2, -0.15) is 0 Å². The lowest BCUT2D eigenvalue weighted by atomic mass is 10.1. The standard InChI is InChI=1S/C11H4F2N2O2S/c12-11(13)16-7-3-5-6(4-8(7)17-11)15-9(5)10-14-1-2-18-10/h1-4H. The van der Waals surface area contributed by atoms with Crippen LogP contribution in [0.4, 0.5) is 8.78 Å². The van der Waals surface area contributed by atoms with Gasteiger partial charge in [0.1, 0.15) is 10.7 Å². The lowest BCUT2D eigenvalue weighted by Crippen LogP contribution is -2.34. The first-order chi connectivity index (χ1) is 8.62. The molecule has 3 heterocycles. The van der Waals surface area contributed by atoms with Crippen molar-refractivity contribution in [2.24, 2.45) is 4.99 Å². The summed E-state index contributed by atoms with van der Waals surface area (Å²) >= 11 is 1.44. The zero-order valence-corrected chi connectivity index (χ0v) is 9.50. The first-order valence-corrected chi connectivity index (χ1v) is 5.93. The normalized spacial score (nSPS) is 18.0. The molecule has 0 radical (unpaired) electrons. The highest BCUT2D eigenvalue weighted by atomic mass is 32.1. The summed E-state index contributed by atoms with van der Waals surface area (Å²) in [7, 11) is 0. The van der Waals surface area contributed by atoms with Crippen molar-refractivity contribution in [1.82, 2.24) is 4.98 Å². The second-order valence-corrected chi connectivity index (χ2v) is 4.68. The Morgan fingerprint density at radius 2 is 1.94 bits per heavy atom. The van der Waals surface area contributed by atoms with Gasteiger partial charge in [-0.15, -0.1) is 20.1 Å². The molecule has 0 fully saturated rings. The third-order valence-electron chi connectivity index (χ3n) is 2.64. The predicted octanol–water partition coefficient (Wildman–Crippen LogP) is 1.25. The first kappa shape index (κ1) is 9.95. The van der Waals surface area contributed by atoms with Crippen LogP contribution >= 0.6 is 11.3 Å². The Hall–Kier alpha value is -2.02. The average molecular weight is 266 g/mol. The highest BCUT2D eigenvalue weighted by molar-refractivity contribution is 7.10. The van der Waals surface area contributed by atoms with E-state index in [1.165, 1.54) is 23.5 Å². The summed E-state index contributed by atoms with van der Waals surface area (Å²) < 4.78 is 34.6. The fourth-order valence-corrected chi connectivity index (χ4v) is 2.54. The Morgan fingerprint density at radius 1 is 1.17 bits per heavy atom. The molecule has 0 amide bonds. The molecule has 90 valence electrons. The van der Waals surface area contributed by atoms with Crippen LogP contribution in [-0.4, -0.2) is 11.3 Å². The van der Waals surface area contributed by atoms with Crippen molar-refractivity contribution < 1.29 is 18.3 Å². The number of alkyl halides is 2. The summed E-state index contributed by atoms with van der Waals surface area (Å²) in [5, 5.41) is 3.95. The molecule has 7 heteroatoms. The lowest BCUT2D eigenvalue weighted by Gasteiger charge is -2.07. The van der Waals surface area contributed by atoms with E-state index >= 15 is 0 Å². The van der Waals surface area contributed by atoms with E-state index in [9.17, 15) is 8.78 Å². The van der Waals surface area contributed by atoms with E-state index in [2.05, 4.69) is 19.5 Å². The van der Waals surface area contributed by atoms with Crippen LogP contribution in [0.5, 0.6) is 11.5 Å². The molecule has 0 aliphatic carbocycles. The molecule has 0 spiro atoms. The molecule has 18 heavy (non-hydrogen) atoms. The van der Waals surface area contributed by atoms with Gasteiger partial charge in [0.15, 0.2) is 11.5 Å². The maximum absolute atomic E-state index is 12.9. The lowest BCUT2D eigenvalue weighted by molar-refractivity contribution is -0.286. The molecule has 4 rings (SSSR count). The Labute approximate surface area is 103 Å². The summed E-state index contributed by atoms with van der Waals surface area (Å²) in [5.74, 6) is 0.0448. The Morgan fingerprint density at radius 3 is 2.67 bits per heavy atom. The smallest absolute Gasteiger partial charge is 0.395 e. The minimum atomic E-state index is -3.59. The molecule has 1 aromatic carbocycles. The van der Waals surface area contributed by atoms with Gasteiger partial charge in [-0.1, -0.05) is 0 Å². The second-order valence-electron chi connectivity index (χ2n) is 3.78. The van der Waals surface area contributed by atoms with Gasteiger partial charge in [-0.3, -0.25) is 0 Å². The number of fused-ring (bicyclic) bond motifs is 2. The average Bonchev–Trinajstić information content (AvgIpc) is 2.87. The van der Waals surface area contributed by atoms with Gasteiger partial charge in [-0.25, -0.2) is 9.98 Å². The Kier molecular flexibility index (Phi) is 1.69. The molecule has 0 bridgehead atoms. The van der Waals surface area contributed by atoms with Gasteiger partial charge in [-0.05, 0) is 6.07 Å². The van der Waals surface area contributed by atoms with E-state index in [1.54, 1.807) is 6.20 Å². The van der Waals surface area contributed by atoms with Crippen LogP contribution in [0.2, 0.25) is 0 Å². The molecule has 1 aromatic heterocycles. The van der Waals surface area contributed by atoms with Gasteiger partial charge in [0.25, 0.3) is 0 Å². The van der Waals surface area contributed by atoms with Gasteiger partial charge in [0.2, 0.25) is 0 Å². The highest BCUT2D eigenvalue weighted by Crippen LogP contribution is 2.39. The van der Waals surface area contributed by atoms with Crippen LogP contribution in [0, 0.1) is 0 Å². The van der Waals surface area contributed by atoms with Crippen molar-refractivity contribution >= 4 is 17.0 Å². The summed E-state index contributed by atoms with van der Waals surface area (Å²) in [4.78, 5) is 8.36. The van der Waals surface area contributed by atoms with Crippen LogP contribution in [0.25, 0.3) is 5.70 Å². The zero-order chi connectivity index (χ0) is 12.3. The van der Waals surface area contributed by atoms with Gasteiger partial charge < -0.3 is 9.47 Å². The van der Waals surface area contributed by atoms with Crippen LogP contribution < -0.4 is 20.0 Å². The third kappa shape index (κ3) is 1.28. The first-order valence-electron chi connectivity index (χ1n) is 5.05. The number of thiazole rings is 1. The van der Waals surface area contributed by atoms with Gasteiger partial charge in [0, 0.05) is 22.9 Å². The molecule has 2 aromatic rings. The van der Waals surface area contributed by atoms with E-state index < -0.39 is 6.29 Å². The minimum absolute atomic E-state index is 0.0145. The number of halogens is 2. The number of ether oxygens (including phenoxy) is 2. The third-order valence-corrected chi connectivity index (χ3v) is 3.42. The Bertz CT molecular complexity index is 771. The van der Waals surface area contributed by atoms with E-state index in [4.69, 9.17) is 0 Å². The summed E-state index contributed by atoms with van der Waals surface area (Å²) in [6.45, 7) is 0. The number of hydrogen-bond acceptors (Lipinski definition) is 5. The molecule has 0 N–H and O–H groups in total. The second kappa shape index (κ2) is 3.05. The van der Waals surface area contributed by atoms with Crippen molar-refractivity contribution in [2.75, 3.05) is 0 Å². The van der Waals surface area contributed by atoms with E-state index in [-0.39, 0.29) is 11.5 Å². The molecule has 0 atom stereocenters. The largest absolute Gasteiger partial charge is 0.586 e. The predicted molar refractivity (Wildman–Crippen MR) is 58.1 cm³/mol. The van der Waals surface area contributed by atoms with Crippen LogP contribution in [0.15, 0.2) is 28.7 Å². The van der Waals surface area contributed by atoms with Crippen LogP contribution in [-0.2, 0) is 0 Å². The summed E-state index contributed by atoms with van der Waals surface area (Å²) in [6.07, 6.45) is -1.93. The Balaban J connectivity index is 1.90. The highest BCUT2D eigenvalue weighted by Gasteiger charge is 2.43. The fraction of sp³-hybridized carbons (Fsp3) is 0.0909. The molecular weight excluding hydrogens is 262 g/mol. The number of aromatic nitrogens is 1. The number of hydrogen-bond donors (Lipinski definition) is 0. The van der Waals surface area contributed by atoms with E-state index in [0.717, 1.165) is 10.2 Å². The molecule has 0 saturated heterocycles. The van der Waals surface area contributed by atoms with Gasteiger partial charge >= 0.3 is 6.29 Å². The van der Waals surface area contributed by atoms with Crippen molar-refractivity contribution in [1.29, 1.82) is 0 Å².